The van der Waals surface area contributed by atoms with Crippen molar-refractivity contribution in [3.63, 3.8) is 0 Å². The molecule has 1 saturated carbocycles. The smallest absolute Gasteiger partial charge is 0.272 e. The monoisotopic (exact) mass is 257 g/mol. The quantitative estimate of drug-likeness (QED) is 0.826. The molecule has 1 aliphatic carbocycles. The van der Waals surface area contributed by atoms with Gasteiger partial charge < -0.3 is 10.6 Å². The molecule has 2 rings (SSSR count). The van der Waals surface area contributed by atoms with Crippen LogP contribution >= 0.6 is 0 Å². The molecule has 0 bridgehead atoms. The van der Waals surface area contributed by atoms with Gasteiger partial charge in [0.15, 0.2) is 0 Å². The molecule has 1 amide bonds. The van der Waals surface area contributed by atoms with Crippen molar-refractivity contribution in [1.82, 2.24) is 9.88 Å². The molecular weight excluding hydrogens is 238 g/mol. The maximum Gasteiger partial charge on any atom is 0.272 e. The fraction of sp³-hybridized carbons (Fsp3) is 0.467. The zero-order valence-corrected chi connectivity index (χ0v) is 11.2. The average molecular weight is 257 g/mol. The Morgan fingerprint density at radius 1 is 1.53 bits per heavy atom. The second-order valence-corrected chi connectivity index (χ2v) is 4.73. The largest absolute Gasteiger partial charge is 0.337 e. The number of carbonyl (C=O) groups is 1. The number of amides is 1. The first-order valence-corrected chi connectivity index (χ1v) is 6.69. The highest BCUT2D eigenvalue weighted by Gasteiger charge is 2.26. The topological polar surface area (TPSA) is 59.2 Å². The van der Waals surface area contributed by atoms with Crippen molar-refractivity contribution < 1.29 is 4.79 Å². The number of hydrogen-bond acceptors (Lipinski definition) is 3. The van der Waals surface area contributed by atoms with Crippen molar-refractivity contribution in [2.45, 2.75) is 19.8 Å². The van der Waals surface area contributed by atoms with E-state index in [2.05, 4.69) is 16.8 Å². The first-order chi connectivity index (χ1) is 9.24. The Labute approximate surface area is 114 Å². The van der Waals surface area contributed by atoms with Crippen molar-refractivity contribution >= 4 is 5.91 Å². The summed E-state index contributed by atoms with van der Waals surface area (Å²) in [5, 5.41) is 0. The van der Waals surface area contributed by atoms with E-state index >= 15 is 0 Å². The number of hydrogen-bond donors (Lipinski definition) is 1. The third kappa shape index (κ3) is 3.80. The molecule has 100 valence electrons. The minimum absolute atomic E-state index is 0.00716. The molecule has 4 nitrogen and oxygen atoms in total. The van der Waals surface area contributed by atoms with Gasteiger partial charge in [0.1, 0.15) is 5.69 Å². The predicted molar refractivity (Wildman–Crippen MR) is 74.5 cm³/mol. The molecule has 1 fully saturated rings. The van der Waals surface area contributed by atoms with E-state index in [-0.39, 0.29) is 5.91 Å². The minimum atomic E-state index is 0.00716. The summed E-state index contributed by atoms with van der Waals surface area (Å²) in [5.41, 5.74) is 6.58. The normalized spacial score (nSPS) is 13.6. The highest BCUT2D eigenvalue weighted by atomic mass is 16.2. The van der Waals surface area contributed by atoms with Crippen LogP contribution in [0.2, 0.25) is 0 Å². The van der Waals surface area contributed by atoms with Gasteiger partial charge in [0.05, 0.1) is 6.54 Å². The molecule has 0 spiro atoms. The summed E-state index contributed by atoms with van der Waals surface area (Å²) < 4.78 is 0. The third-order valence-corrected chi connectivity index (χ3v) is 3.16. The molecule has 0 aromatic carbocycles. The maximum atomic E-state index is 12.3. The lowest BCUT2D eigenvalue weighted by Crippen LogP contribution is -2.33. The van der Waals surface area contributed by atoms with Crippen LogP contribution in [0.25, 0.3) is 0 Å². The first kappa shape index (κ1) is 13.6. The second-order valence-electron chi connectivity index (χ2n) is 4.73. The van der Waals surface area contributed by atoms with Crippen LogP contribution in [0, 0.1) is 17.8 Å². The zero-order chi connectivity index (χ0) is 13.7. The van der Waals surface area contributed by atoms with Gasteiger partial charge in [-0.15, -0.1) is 0 Å². The van der Waals surface area contributed by atoms with Crippen molar-refractivity contribution in [2.24, 2.45) is 11.7 Å². The van der Waals surface area contributed by atoms with Gasteiger partial charge in [-0.05, 0) is 37.8 Å². The summed E-state index contributed by atoms with van der Waals surface area (Å²) in [6.45, 7) is 3.91. The molecule has 0 atom stereocenters. The van der Waals surface area contributed by atoms with Crippen molar-refractivity contribution in [3.05, 3.63) is 29.6 Å². The lowest BCUT2D eigenvalue weighted by atomic mass is 10.2. The minimum Gasteiger partial charge on any atom is -0.337 e. The van der Waals surface area contributed by atoms with Crippen LogP contribution in [-0.2, 0) is 0 Å². The molecule has 19 heavy (non-hydrogen) atoms. The molecule has 4 heteroatoms. The molecule has 0 radical (unpaired) electrons. The zero-order valence-electron chi connectivity index (χ0n) is 11.2. The molecule has 0 unspecified atom stereocenters. The Bertz CT molecular complexity index is 494. The molecular formula is C15H19N3O. The van der Waals surface area contributed by atoms with E-state index in [1.807, 2.05) is 17.9 Å². The highest BCUT2D eigenvalue weighted by molar-refractivity contribution is 5.92. The average Bonchev–Trinajstić information content (AvgIpc) is 3.26. The Morgan fingerprint density at radius 3 is 2.84 bits per heavy atom. The van der Waals surface area contributed by atoms with Gasteiger partial charge in [0.25, 0.3) is 5.91 Å². The second kappa shape index (κ2) is 6.35. The third-order valence-electron chi connectivity index (χ3n) is 3.16. The van der Waals surface area contributed by atoms with Gasteiger partial charge in [-0.3, -0.25) is 4.79 Å². The number of nitrogens with two attached hydrogens (primary N) is 1. The number of pyridine rings is 1. The van der Waals surface area contributed by atoms with Crippen LogP contribution in [0.3, 0.4) is 0 Å². The van der Waals surface area contributed by atoms with Gasteiger partial charge in [-0.25, -0.2) is 4.98 Å². The summed E-state index contributed by atoms with van der Waals surface area (Å²) in [4.78, 5) is 18.3. The van der Waals surface area contributed by atoms with Crippen LogP contribution in [0.1, 0.15) is 35.8 Å². The Hall–Kier alpha value is -1.86. The number of nitrogens with zero attached hydrogens (tertiary/aromatic N) is 2. The SMILES string of the molecule is CCN(CC1CC1)C(=O)c1ccc(C#CCN)cn1. The van der Waals surface area contributed by atoms with E-state index in [0.717, 1.165) is 18.7 Å². The Morgan fingerprint density at radius 2 is 2.32 bits per heavy atom. The predicted octanol–water partition coefficient (Wildman–Crippen LogP) is 1.26. The van der Waals surface area contributed by atoms with E-state index in [1.54, 1.807) is 12.3 Å². The van der Waals surface area contributed by atoms with E-state index in [4.69, 9.17) is 5.73 Å². The fourth-order valence-corrected chi connectivity index (χ4v) is 1.88. The Kier molecular flexibility index (Phi) is 4.53. The van der Waals surface area contributed by atoms with Crippen LogP contribution in [-0.4, -0.2) is 35.4 Å². The molecule has 0 saturated heterocycles. The van der Waals surface area contributed by atoms with Gasteiger partial charge in [0.2, 0.25) is 0 Å². The Balaban J connectivity index is 2.04. The molecule has 0 aliphatic heterocycles. The van der Waals surface area contributed by atoms with Crippen LogP contribution in [0.4, 0.5) is 0 Å². The molecule has 1 aliphatic rings. The number of aromatic nitrogens is 1. The van der Waals surface area contributed by atoms with Crippen molar-refractivity contribution in [2.75, 3.05) is 19.6 Å². The van der Waals surface area contributed by atoms with Gasteiger partial charge in [-0.1, -0.05) is 11.8 Å². The molecule has 2 N–H and O–H groups in total. The summed E-state index contributed by atoms with van der Waals surface area (Å²) in [7, 11) is 0. The van der Waals surface area contributed by atoms with E-state index in [9.17, 15) is 4.79 Å². The lowest BCUT2D eigenvalue weighted by Gasteiger charge is -2.20. The summed E-state index contributed by atoms with van der Waals surface area (Å²) in [5.74, 6) is 6.36. The van der Waals surface area contributed by atoms with Gasteiger partial charge >= 0.3 is 0 Å². The van der Waals surface area contributed by atoms with Crippen molar-refractivity contribution in [3.8, 4) is 11.8 Å². The van der Waals surface area contributed by atoms with Crippen molar-refractivity contribution in [1.29, 1.82) is 0 Å². The van der Waals surface area contributed by atoms with Crippen LogP contribution in [0.5, 0.6) is 0 Å². The van der Waals surface area contributed by atoms with Crippen LogP contribution < -0.4 is 5.73 Å². The van der Waals surface area contributed by atoms with E-state index < -0.39 is 0 Å². The number of carbonyl (C=O) groups excluding carboxylic acids is 1. The lowest BCUT2D eigenvalue weighted by molar-refractivity contribution is 0.0751. The molecule has 1 heterocycles. The molecule has 1 aromatic heterocycles. The van der Waals surface area contributed by atoms with E-state index in [0.29, 0.717) is 18.2 Å². The standard InChI is InChI=1S/C15H19N3O/c1-2-18(11-13-5-6-13)15(19)14-8-7-12(10-17-14)4-3-9-16/h7-8,10,13H,2,5-6,9,11,16H2,1H3. The summed E-state index contributed by atoms with van der Waals surface area (Å²) in [6, 6.07) is 3.55. The number of rotatable bonds is 4. The summed E-state index contributed by atoms with van der Waals surface area (Å²) >= 11 is 0. The fourth-order valence-electron chi connectivity index (χ4n) is 1.88. The first-order valence-electron chi connectivity index (χ1n) is 6.69. The maximum absolute atomic E-state index is 12.3. The van der Waals surface area contributed by atoms with Gasteiger partial charge in [0, 0.05) is 24.8 Å². The van der Waals surface area contributed by atoms with Crippen LogP contribution in [0.15, 0.2) is 18.3 Å². The highest BCUT2D eigenvalue weighted by Crippen LogP contribution is 2.29. The molecule has 1 aromatic rings. The van der Waals surface area contributed by atoms with Gasteiger partial charge in [-0.2, -0.15) is 0 Å². The summed E-state index contributed by atoms with van der Waals surface area (Å²) in [6.07, 6.45) is 4.11. The van der Waals surface area contributed by atoms with E-state index in [1.165, 1.54) is 12.8 Å².